The van der Waals surface area contributed by atoms with E-state index in [9.17, 15) is 4.79 Å². The van der Waals surface area contributed by atoms with Crippen LogP contribution in [0.4, 0.5) is 4.79 Å². The largest absolute Gasteiger partial charge is 0.496 e. The molecule has 6 heteroatoms. The molecule has 2 amide bonds. The van der Waals surface area contributed by atoms with Gasteiger partial charge in [-0.2, -0.15) is 0 Å². The van der Waals surface area contributed by atoms with Crippen molar-refractivity contribution in [2.24, 2.45) is 0 Å². The molecule has 1 fully saturated rings. The maximum Gasteiger partial charge on any atom is 0.314 e. The second kappa shape index (κ2) is 8.74. The number of hydrogen-bond acceptors (Lipinski definition) is 4. The zero-order valence-corrected chi connectivity index (χ0v) is 14.2. The highest BCUT2D eigenvalue weighted by Crippen LogP contribution is 2.27. The first kappa shape index (κ1) is 17.6. The van der Waals surface area contributed by atoms with Crippen LogP contribution in [0.5, 0.6) is 5.75 Å². The van der Waals surface area contributed by atoms with E-state index in [0.29, 0.717) is 13.1 Å². The summed E-state index contributed by atoms with van der Waals surface area (Å²) in [4.78, 5) is 14.1. The summed E-state index contributed by atoms with van der Waals surface area (Å²) >= 11 is 0. The summed E-state index contributed by atoms with van der Waals surface area (Å²) in [7, 11) is 5.64. The van der Waals surface area contributed by atoms with Crippen molar-refractivity contribution < 1.29 is 14.3 Å². The Kier molecular flexibility index (Phi) is 6.67. The Labute approximate surface area is 138 Å². The number of nitrogens with zero attached hydrogens (tertiary/aromatic N) is 1. The molecule has 1 aliphatic rings. The van der Waals surface area contributed by atoms with E-state index in [1.54, 1.807) is 7.11 Å². The molecule has 0 bridgehead atoms. The van der Waals surface area contributed by atoms with Crippen LogP contribution in [0.3, 0.4) is 0 Å². The molecule has 0 aliphatic carbocycles. The summed E-state index contributed by atoms with van der Waals surface area (Å²) in [5.41, 5.74) is 1.06. The molecule has 23 heavy (non-hydrogen) atoms. The van der Waals surface area contributed by atoms with Crippen LogP contribution in [0.25, 0.3) is 0 Å². The second-order valence-electron chi connectivity index (χ2n) is 5.95. The first-order valence-corrected chi connectivity index (χ1v) is 8.04. The highest BCUT2D eigenvalue weighted by molar-refractivity contribution is 5.73. The number of urea groups is 1. The van der Waals surface area contributed by atoms with Crippen molar-refractivity contribution in [3.8, 4) is 5.75 Å². The molecule has 1 heterocycles. The van der Waals surface area contributed by atoms with Crippen LogP contribution in [0.15, 0.2) is 24.3 Å². The number of benzene rings is 1. The molecular formula is C17H27N3O3. The first-order valence-electron chi connectivity index (χ1n) is 8.04. The van der Waals surface area contributed by atoms with E-state index in [1.165, 1.54) is 0 Å². The van der Waals surface area contributed by atoms with E-state index in [2.05, 4.69) is 15.5 Å². The predicted octanol–water partition coefficient (Wildman–Crippen LogP) is 1.78. The first-order chi connectivity index (χ1) is 11.1. The van der Waals surface area contributed by atoms with Gasteiger partial charge in [0.25, 0.3) is 0 Å². The van der Waals surface area contributed by atoms with E-state index in [0.717, 1.165) is 30.8 Å². The van der Waals surface area contributed by atoms with Gasteiger partial charge in [0.2, 0.25) is 0 Å². The van der Waals surface area contributed by atoms with Gasteiger partial charge in [-0.25, -0.2) is 4.79 Å². The van der Waals surface area contributed by atoms with Crippen molar-refractivity contribution >= 4 is 6.03 Å². The molecule has 0 saturated carbocycles. The lowest BCUT2D eigenvalue weighted by Gasteiger charge is -2.26. The van der Waals surface area contributed by atoms with E-state index in [-0.39, 0.29) is 18.2 Å². The van der Waals surface area contributed by atoms with Gasteiger partial charge in [0.1, 0.15) is 5.75 Å². The Bertz CT molecular complexity index is 502. The van der Waals surface area contributed by atoms with Crippen LogP contribution in [-0.4, -0.2) is 57.9 Å². The van der Waals surface area contributed by atoms with Crippen LogP contribution >= 0.6 is 0 Å². The summed E-state index contributed by atoms with van der Waals surface area (Å²) < 4.78 is 10.9. The van der Waals surface area contributed by atoms with E-state index >= 15 is 0 Å². The van der Waals surface area contributed by atoms with E-state index < -0.39 is 0 Å². The van der Waals surface area contributed by atoms with Crippen LogP contribution in [0, 0.1) is 0 Å². The standard InChI is InChI=1S/C17H27N3O3/c1-20(2)15(14-8-4-5-9-16(14)22-3)12-19-17(21)18-11-13-7-6-10-23-13/h4-5,8-9,13,15H,6-7,10-12H2,1-3H3,(H2,18,19,21). The Morgan fingerprint density at radius 2 is 2.17 bits per heavy atom. The average molecular weight is 321 g/mol. The Balaban J connectivity index is 1.88. The third kappa shape index (κ3) is 5.11. The van der Waals surface area contributed by atoms with Crippen molar-refractivity contribution in [2.45, 2.75) is 25.0 Å². The van der Waals surface area contributed by atoms with Crippen molar-refractivity contribution in [3.05, 3.63) is 29.8 Å². The van der Waals surface area contributed by atoms with Gasteiger partial charge in [-0.1, -0.05) is 18.2 Å². The van der Waals surface area contributed by atoms with Crippen molar-refractivity contribution in [1.82, 2.24) is 15.5 Å². The number of carbonyl (C=O) groups is 1. The number of carbonyl (C=O) groups excluding carboxylic acids is 1. The average Bonchev–Trinajstić information content (AvgIpc) is 3.06. The molecule has 6 nitrogen and oxygen atoms in total. The maximum atomic E-state index is 12.0. The number of likely N-dealkylation sites (N-methyl/N-ethyl adjacent to an activating group) is 1. The summed E-state index contributed by atoms with van der Waals surface area (Å²) in [6, 6.07) is 7.75. The maximum absolute atomic E-state index is 12.0. The molecule has 0 spiro atoms. The number of amides is 2. The van der Waals surface area contributed by atoms with Gasteiger partial charge in [0.15, 0.2) is 0 Å². The van der Waals surface area contributed by atoms with Gasteiger partial charge in [0, 0.05) is 25.3 Å². The second-order valence-corrected chi connectivity index (χ2v) is 5.95. The van der Waals surface area contributed by atoms with Gasteiger partial charge in [-0.3, -0.25) is 0 Å². The minimum Gasteiger partial charge on any atom is -0.496 e. The predicted molar refractivity (Wildman–Crippen MR) is 89.8 cm³/mol. The molecular weight excluding hydrogens is 294 g/mol. The lowest BCUT2D eigenvalue weighted by molar-refractivity contribution is 0.111. The van der Waals surface area contributed by atoms with Gasteiger partial charge in [-0.15, -0.1) is 0 Å². The van der Waals surface area contributed by atoms with Crippen LogP contribution in [0.2, 0.25) is 0 Å². The fraction of sp³-hybridized carbons (Fsp3) is 0.588. The molecule has 1 saturated heterocycles. The van der Waals surface area contributed by atoms with Crippen molar-refractivity contribution in [1.29, 1.82) is 0 Å². The molecule has 1 aliphatic heterocycles. The number of methoxy groups -OCH3 is 1. The molecule has 0 aromatic heterocycles. The summed E-state index contributed by atoms with van der Waals surface area (Å²) in [6.07, 6.45) is 2.24. The Morgan fingerprint density at radius 1 is 1.39 bits per heavy atom. The molecule has 128 valence electrons. The summed E-state index contributed by atoms with van der Waals surface area (Å²) in [5, 5.41) is 5.81. The molecule has 2 atom stereocenters. The minimum atomic E-state index is -0.165. The van der Waals surface area contributed by atoms with E-state index in [1.807, 2.05) is 38.4 Å². The summed E-state index contributed by atoms with van der Waals surface area (Å²) in [6.45, 7) is 1.86. The fourth-order valence-corrected chi connectivity index (χ4v) is 2.78. The normalized spacial score (nSPS) is 18.7. The third-order valence-electron chi connectivity index (χ3n) is 4.09. The van der Waals surface area contributed by atoms with Gasteiger partial charge >= 0.3 is 6.03 Å². The fourth-order valence-electron chi connectivity index (χ4n) is 2.78. The van der Waals surface area contributed by atoms with Crippen molar-refractivity contribution in [2.75, 3.05) is 40.9 Å². The zero-order valence-electron chi connectivity index (χ0n) is 14.2. The topological polar surface area (TPSA) is 62.8 Å². The molecule has 1 aromatic rings. The smallest absolute Gasteiger partial charge is 0.314 e. The number of para-hydroxylation sites is 1. The quantitative estimate of drug-likeness (QED) is 0.803. The molecule has 2 rings (SSSR count). The van der Waals surface area contributed by atoms with Crippen LogP contribution in [0.1, 0.15) is 24.4 Å². The monoisotopic (exact) mass is 321 g/mol. The number of ether oxygens (including phenoxy) is 2. The van der Waals surface area contributed by atoms with Crippen molar-refractivity contribution in [3.63, 3.8) is 0 Å². The third-order valence-corrected chi connectivity index (χ3v) is 4.09. The highest BCUT2D eigenvalue weighted by atomic mass is 16.5. The van der Waals surface area contributed by atoms with Crippen LogP contribution < -0.4 is 15.4 Å². The summed E-state index contributed by atoms with van der Waals surface area (Å²) in [5.74, 6) is 0.827. The van der Waals surface area contributed by atoms with Crippen LogP contribution in [-0.2, 0) is 4.74 Å². The minimum absolute atomic E-state index is 0.0413. The Morgan fingerprint density at radius 3 is 2.83 bits per heavy atom. The molecule has 1 aromatic carbocycles. The number of hydrogen-bond donors (Lipinski definition) is 2. The molecule has 0 radical (unpaired) electrons. The Hall–Kier alpha value is -1.79. The molecule has 2 unspecified atom stereocenters. The lowest BCUT2D eigenvalue weighted by Crippen LogP contribution is -2.43. The zero-order chi connectivity index (χ0) is 16.7. The van der Waals surface area contributed by atoms with Gasteiger partial charge in [-0.05, 0) is 33.0 Å². The van der Waals surface area contributed by atoms with Gasteiger partial charge in [0.05, 0.1) is 19.3 Å². The molecule has 2 N–H and O–H groups in total. The number of rotatable bonds is 7. The van der Waals surface area contributed by atoms with Gasteiger partial charge < -0.3 is 25.0 Å². The lowest BCUT2D eigenvalue weighted by atomic mass is 10.0. The van der Waals surface area contributed by atoms with E-state index in [4.69, 9.17) is 9.47 Å². The SMILES string of the molecule is COc1ccccc1C(CNC(=O)NCC1CCCO1)N(C)C. The number of nitrogens with one attached hydrogen (secondary N) is 2. The highest BCUT2D eigenvalue weighted by Gasteiger charge is 2.20.